The van der Waals surface area contributed by atoms with Crippen LogP contribution in [0.25, 0.3) is 5.57 Å². The van der Waals surface area contributed by atoms with E-state index in [4.69, 9.17) is 0 Å². The van der Waals surface area contributed by atoms with Gasteiger partial charge in [0.05, 0.1) is 0 Å². The molecular weight excluding hydrogens is 208 g/mol. The van der Waals surface area contributed by atoms with E-state index < -0.39 is 0 Å². The summed E-state index contributed by atoms with van der Waals surface area (Å²) < 4.78 is 0. The van der Waals surface area contributed by atoms with Gasteiger partial charge in [0.25, 0.3) is 0 Å². The highest BCUT2D eigenvalue weighted by Crippen LogP contribution is 2.38. The Morgan fingerprint density at radius 3 is 2.12 bits per heavy atom. The highest BCUT2D eigenvalue weighted by Gasteiger charge is 2.22. The predicted octanol–water partition coefficient (Wildman–Crippen LogP) is 4.85. The summed E-state index contributed by atoms with van der Waals surface area (Å²) in [5.41, 5.74) is 4.12. The van der Waals surface area contributed by atoms with Crippen molar-refractivity contribution in [1.29, 1.82) is 0 Å². The Bertz CT molecular complexity index is 434. The second-order valence-electron chi connectivity index (χ2n) is 6.15. The van der Waals surface area contributed by atoms with Gasteiger partial charge < -0.3 is 5.11 Å². The fraction of sp³-hybridized carbons (Fsp3) is 0.500. The van der Waals surface area contributed by atoms with Crippen molar-refractivity contribution in [3.8, 4) is 5.75 Å². The van der Waals surface area contributed by atoms with E-state index in [-0.39, 0.29) is 5.41 Å². The van der Waals surface area contributed by atoms with Gasteiger partial charge in [0, 0.05) is 5.56 Å². The molecule has 0 fully saturated rings. The zero-order chi connectivity index (χ0) is 13.4. The Hall–Kier alpha value is -1.24. The van der Waals surface area contributed by atoms with Crippen LogP contribution < -0.4 is 0 Å². The van der Waals surface area contributed by atoms with Gasteiger partial charge in [0.1, 0.15) is 5.75 Å². The summed E-state index contributed by atoms with van der Waals surface area (Å²) in [4.78, 5) is 0. The van der Waals surface area contributed by atoms with Crippen LogP contribution in [0.3, 0.4) is 0 Å². The molecule has 0 atom stereocenters. The van der Waals surface area contributed by atoms with Crippen LogP contribution in [0.2, 0.25) is 0 Å². The van der Waals surface area contributed by atoms with Gasteiger partial charge in [0.2, 0.25) is 0 Å². The molecule has 0 saturated heterocycles. The fourth-order valence-corrected chi connectivity index (χ4v) is 1.92. The second-order valence-corrected chi connectivity index (χ2v) is 6.15. The van der Waals surface area contributed by atoms with E-state index in [0.717, 1.165) is 22.3 Å². The third kappa shape index (κ3) is 2.91. The van der Waals surface area contributed by atoms with Gasteiger partial charge in [-0.3, -0.25) is 0 Å². The molecule has 0 spiro atoms. The predicted molar refractivity (Wildman–Crippen MR) is 75.6 cm³/mol. The SMILES string of the molecule is C=C(C)c1cc(C(C)C)c(O)c(C(C)(C)C)c1. The van der Waals surface area contributed by atoms with Gasteiger partial charge in [-0.25, -0.2) is 0 Å². The number of benzene rings is 1. The molecule has 0 heterocycles. The third-order valence-corrected chi connectivity index (χ3v) is 3.06. The van der Waals surface area contributed by atoms with E-state index in [1.165, 1.54) is 0 Å². The van der Waals surface area contributed by atoms with Crippen LogP contribution >= 0.6 is 0 Å². The summed E-state index contributed by atoms with van der Waals surface area (Å²) in [5, 5.41) is 10.4. The maximum atomic E-state index is 10.4. The molecule has 1 aromatic rings. The van der Waals surface area contributed by atoms with Crippen molar-refractivity contribution in [3.05, 3.63) is 35.4 Å². The molecule has 1 rings (SSSR count). The quantitative estimate of drug-likeness (QED) is 0.773. The number of hydrogen-bond donors (Lipinski definition) is 1. The van der Waals surface area contributed by atoms with E-state index in [2.05, 4.69) is 53.3 Å². The number of aromatic hydroxyl groups is 1. The molecule has 0 bridgehead atoms. The highest BCUT2D eigenvalue weighted by atomic mass is 16.3. The number of phenols is 1. The lowest BCUT2D eigenvalue weighted by Crippen LogP contribution is -2.13. The lowest BCUT2D eigenvalue weighted by atomic mass is 9.82. The maximum absolute atomic E-state index is 10.4. The van der Waals surface area contributed by atoms with Crippen LogP contribution in [0.5, 0.6) is 5.75 Å². The normalized spacial score (nSPS) is 11.9. The Morgan fingerprint density at radius 2 is 1.76 bits per heavy atom. The van der Waals surface area contributed by atoms with E-state index in [1.807, 2.05) is 6.92 Å². The minimum atomic E-state index is -0.0564. The van der Waals surface area contributed by atoms with Crippen LogP contribution in [0.4, 0.5) is 0 Å². The Morgan fingerprint density at radius 1 is 1.24 bits per heavy atom. The van der Waals surface area contributed by atoms with E-state index >= 15 is 0 Å². The monoisotopic (exact) mass is 232 g/mol. The summed E-state index contributed by atoms with van der Waals surface area (Å²) in [6.07, 6.45) is 0. The first-order valence-corrected chi connectivity index (χ1v) is 6.18. The number of phenolic OH excluding ortho intramolecular Hbond substituents is 1. The summed E-state index contributed by atoms with van der Waals surface area (Å²) in [6, 6.07) is 4.11. The zero-order valence-corrected chi connectivity index (χ0v) is 11.9. The Balaban J connectivity index is 3.55. The van der Waals surface area contributed by atoms with Crippen molar-refractivity contribution in [2.45, 2.75) is 52.9 Å². The molecule has 0 aliphatic rings. The van der Waals surface area contributed by atoms with Crippen LogP contribution in [0.15, 0.2) is 18.7 Å². The van der Waals surface area contributed by atoms with E-state index in [9.17, 15) is 5.11 Å². The third-order valence-electron chi connectivity index (χ3n) is 3.06. The molecule has 0 aromatic heterocycles. The van der Waals surface area contributed by atoms with Gasteiger partial charge in [-0.05, 0) is 41.5 Å². The molecule has 0 unspecified atom stereocenters. The summed E-state index contributed by atoms with van der Waals surface area (Å²) in [7, 11) is 0. The smallest absolute Gasteiger partial charge is 0.122 e. The number of hydrogen-bond acceptors (Lipinski definition) is 1. The lowest BCUT2D eigenvalue weighted by Gasteiger charge is -2.24. The summed E-state index contributed by atoms with van der Waals surface area (Å²) >= 11 is 0. The molecule has 0 saturated carbocycles. The largest absolute Gasteiger partial charge is 0.507 e. The van der Waals surface area contributed by atoms with Crippen molar-refractivity contribution < 1.29 is 5.11 Å². The molecule has 17 heavy (non-hydrogen) atoms. The number of rotatable bonds is 2. The minimum Gasteiger partial charge on any atom is -0.507 e. The van der Waals surface area contributed by atoms with Crippen LogP contribution in [0, 0.1) is 0 Å². The molecule has 1 N–H and O–H groups in total. The Labute approximate surface area is 105 Å². The molecule has 94 valence electrons. The van der Waals surface area contributed by atoms with E-state index in [1.54, 1.807) is 0 Å². The molecule has 0 aliphatic heterocycles. The van der Waals surface area contributed by atoms with Crippen molar-refractivity contribution in [2.75, 3.05) is 0 Å². The molecule has 0 aliphatic carbocycles. The maximum Gasteiger partial charge on any atom is 0.122 e. The topological polar surface area (TPSA) is 20.2 Å². The first-order chi connectivity index (χ1) is 7.64. The number of allylic oxidation sites excluding steroid dienone is 1. The van der Waals surface area contributed by atoms with Crippen molar-refractivity contribution in [1.82, 2.24) is 0 Å². The first-order valence-electron chi connectivity index (χ1n) is 6.18. The fourth-order valence-electron chi connectivity index (χ4n) is 1.92. The average Bonchev–Trinajstić information content (AvgIpc) is 2.15. The van der Waals surface area contributed by atoms with E-state index in [0.29, 0.717) is 11.7 Å². The van der Waals surface area contributed by atoms with Gasteiger partial charge in [0.15, 0.2) is 0 Å². The van der Waals surface area contributed by atoms with Gasteiger partial charge in [-0.1, -0.05) is 46.8 Å². The van der Waals surface area contributed by atoms with Crippen LogP contribution in [0.1, 0.15) is 64.2 Å². The summed E-state index contributed by atoms with van der Waals surface area (Å²) in [5.74, 6) is 0.757. The molecular formula is C16H24O. The second kappa shape index (κ2) is 4.56. The average molecular weight is 232 g/mol. The molecule has 0 amide bonds. The first kappa shape index (κ1) is 13.8. The minimum absolute atomic E-state index is 0.0564. The van der Waals surface area contributed by atoms with Crippen molar-refractivity contribution in [3.63, 3.8) is 0 Å². The van der Waals surface area contributed by atoms with Crippen molar-refractivity contribution in [2.24, 2.45) is 0 Å². The molecule has 1 aromatic carbocycles. The highest BCUT2D eigenvalue weighted by molar-refractivity contribution is 5.66. The molecule has 1 heteroatoms. The van der Waals surface area contributed by atoms with Gasteiger partial charge >= 0.3 is 0 Å². The Kier molecular flexibility index (Phi) is 3.71. The molecule has 1 nitrogen and oxygen atoms in total. The van der Waals surface area contributed by atoms with Crippen LogP contribution in [-0.4, -0.2) is 5.11 Å². The molecule has 0 radical (unpaired) electrons. The van der Waals surface area contributed by atoms with Crippen LogP contribution in [-0.2, 0) is 5.41 Å². The standard InChI is InChI=1S/C16H24O/c1-10(2)12-8-13(11(3)4)15(17)14(9-12)16(5,6)7/h8-9,11,17H,1H2,2-7H3. The zero-order valence-electron chi connectivity index (χ0n) is 11.9. The lowest BCUT2D eigenvalue weighted by molar-refractivity contribution is 0.437. The summed E-state index contributed by atoms with van der Waals surface area (Å²) in [6.45, 7) is 16.6. The van der Waals surface area contributed by atoms with Gasteiger partial charge in [-0.15, -0.1) is 0 Å². The van der Waals surface area contributed by atoms with Crippen molar-refractivity contribution >= 4 is 5.57 Å². The van der Waals surface area contributed by atoms with Gasteiger partial charge in [-0.2, -0.15) is 0 Å².